The maximum absolute atomic E-state index is 12.3. The third-order valence-corrected chi connectivity index (χ3v) is 3.20. The maximum Gasteiger partial charge on any atom is 0.255 e. The second kappa shape index (κ2) is 6.74. The molecule has 0 spiro atoms. The third-order valence-electron chi connectivity index (χ3n) is 3.20. The molecule has 2 rings (SSSR count). The fourth-order valence-corrected chi connectivity index (χ4v) is 2.12. The Labute approximate surface area is 123 Å². The topological polar surface area (TPSA) is 60.5 Å². The van der Waals surface area contributed by atoms with Crippen molar-refractivity contribution in [3.8, 4) is 11.5 Å². The number of benzene rings is 1. The SMILES string of the molecule is COc1ccc(C(=O)NCc2cccnc2)c(OC)c1C. The van der Waals surface area contributed by atoms with Crippen LogP contribution in [0.15, 0.2) is 36.7 Å². The van der Waals surface area contributed by atoms with E-state index in [-0.39, 0.29) is 5.91 Å². The molecule has 5 heteroatoms. The Balaban J connectivity index is 2.17. The van der Waals surface area contributed by atoms with E-state index in [4.69, 9.17) is 9.47 Å². The Kier molecular flexibility index (Phi) is 4.77. The van der Waals surface area contributed by atoms with Crippen molar-refractivity contribution in [3.63, 3.8) is 0 Å². The van der Waals surface area contributed by atoms with Crippen LogP contribution in [0.3, 0.4) is 0 Å². The minimum atomic E-state index is -0.193. The lowest BCUT2D eigenvalue weighted by Gasteiger charge is -2.14. The van der Waals surface area contributed by atoms with Gasteiger partial charge in [-0.15, -0.1) is 0 Å². The number of ether oxygens (including phenoxy) is 2. The Bertz CT molecular complexity index is 627. The number of pyridine rings is 1. The smallest absolute Gasteiger partial charge is 0.255 e. The number of amides is 1. The van der Waals surface area contributed by atoms with Crippen LogP contribution in [0.4, 0.5) is 0 Å². The number of carbonyl (C=O) groups is 1. The monoisotopic (exact) mass is 286 g/mol. The van der Waals surface area contributed by atoms with E-state index in [0.717, 1.165) is 11.1 Å². The molecule has 1 N–H and O–H groups in total. The van der Waals surface area contributed by atoms with Crippen molar-refractivity contribution in [2.75, 3.05) is 14.2 Å². The van der Waals surface area contributed by atoms with Crippen molar-refractivity contribution in [1.29, 1.82) is 0 Å². The molecule has 0 atom stereocenters. The van der Waals surface area contributed by atoms with Crippen molar-refractivity contribution in [2.24, 2.45) is 0 Å². The first kappa shape index (κ1) is 14.8. The second-order valence-corrected chi connectivity index (χ2v) is 4.52. The van der Waals surface area contributed by atoms with Gasteiger partial charge >= 0.3 is 0 Å². The van der Waals surface area contributed by atoms with Gasteiger partial charge in [0.05, 0.1) is 19.8 Å². The highest BCUT2D eigenvalue weighted by Crippen LogP contribution is 2.31. The summed E-state index contributed by atoms with van der Waals surface area (Å²) in [5.74, 6) is 1.02. The number of hydrogen-bond acceptors (Lipinski definition) is 4. The van der Waals surface area contributed by atoms with E-state index in [1.54, 1.807) is 38.7 Å². The molecule has 0 aliphatic heterocycles. The quantitative estimate of drug-likeness (QED) is 0.916. The molecule has 0 radical (unpaired) electrons. The zero-order valence-corrected chi connectivity index (χ0v) is 12.3. The summed E-state index contributed by atoms with van der Waals surface area (Å²) in [5, 5.41) is 2.85. The molecule has 1 amide bonds. The lowest BCUT2D eigenvalue weighted by molar-refractivity contribution is 0.0947. The first-order valence-electron chi connectivity index (χ1n) is 6.56. The predicted octanol–water partition coefficient (Wildman–Crippen LogP) is 2.34. The minimum absolute atomic E-state index is 0.193. The summed E-state index contributed by atoms with van der Waals surface area (Å²) in [5.41, 5.74) is 2.23. The Hall–Kier alpha value is -2.56. The molecule has 21 heavy (non-hydrogen) atoms. The number of carbonyl (C=O) groups excluding carboxylic acids is 1. The van der Waals surface area contributed by atoms with Crippen molar-refractivity contribution >= 4 is 5.91 Å². The van der Waals surface area contributed by atoms with Gasteiger partial charge in [0, 0.05) is 24.5 Å². The molecule has 5 nitrogen and oxygen atoms in total. The molecule has 1 heterocycles. The molecule has 110 valence electrons. The van der Waals surface area contributed by atoms with Gasteiger partial charge in [-0.3, -0.25) is 9.78 Å². The predicted molar refractivity (Wildman–Crippen MR) is 79.7 cm³/mol. The van der Waals surface area contributed by atoms with Crippen LogP contribution in [-0.4, -0.2) is 25.1 Å². The molecule has 2 aromatic rings. The molecule has 0 aliphatic rings. The fourth-order valence-electron chi connectivity index (χ4n) is 2.12. The third kappa shape index (κ3) is 3.31. The van der Waals surface area contributed by atoms with Gasteiger partial charge in [-0.2, -0.15) is 0 Å². The summed E-state index contributed by atoms with van der Waals surface area (Å²) in [4.78, 5) is 16.3. The van der Waals surface area contributed by atoms with E-state index in [0.29, 0.717) is 23.6 Å². The van der Waals surface area contributed by atoms with Crippen LogP contribution in [0.25, 0.3) is 0 Å². The number of methoxy groups -OCH3 is 2. The Morgan fingerprint density at radius 1 is 1.24 bits per heavy atom. The van der Waals surface area contributed by atoms with Crippen LogP contribution in [-0.2, 0) is 6.54 Å². The maximum atomic E-state index is 12.3. The van der Waals surface area contributed by atoms with Gasteiger partial charge in [0.1, 0.15) is 11.5 Å². The van der Waals surface area contributed by atoms with Crippen LogP contribution in [0.2, 0.25) is 0 Å². The van der Waals surface area contributed by atoms with E-state index in [1.807, 2.05) is 19.1 Å². The van der Waals surface area contributed by atoms with Crippen LogP contribution >= 0.6 is 0 Å². The van der Waals surface area contributed by atoms with Gasteiger partial charge < -0.3 is 14.8 Å². The Morgan fingerprint density at radius 2 is 2.05 bits per heavy atom. The molecular weight excluding hydrogens is 268 g/mol. The summed E-state index contributed by atoms with van der Waals surface area (Å²) in [6.07, 6.45) is 3.41. The van der Waals surface area contributed by atoms with Crippen molar-refractivity contribution < 1.29 is 14.3 Å². The average molecular weight is 286 g/mol. The lowest BCUT2D eigenvalue weighted by Crippen LogP contribution is -2.23. The number of hydrogen-bond donors (Lipinski definition) is 1. The van der Waals surface area contributed by atoms with Crippen molar-refractivity contribution in [2.45, 2.75) is 13.5 Å². The number of aromatic nitrogens is 1. The minimum Gasteiger partial charge on any atom is -0.496 e. The van der Waals surface area contributed by atoms with Crippen molar-refractivity contribution in [1.82, 2.24) is 10.3 Å². The van der Waals surface area contributed by atoms with Crippen LogP contribution in [0.1, 0.15) is 21.5 Å². The summed E-state index contributed by atoms with van der Waals surface area (Å²) in [6, 6.07) is 7.20. The van der Waals surface area contributed by atoms with Gasteiger partial charge in [-0.1, -0.05) is 6.07 Å². The van der Waals surface area contributed by atoms with Crippen LogP contribution < -0.4 is 14.8 Å². The van der Waals surface area contributed by atoms with Gasteiger partial charge in [0.15, 0.2) is 0 Å². The number of rotatable bonds is 5. The van der Waals surface area contributed by atoms with E-state index in [2.05, 4.69) is 10.3 Å². The van der Waals surface area contributed by atoms with Crippen LogP contribution in [0.5, 0.6) is 11.5 Å². The highest BCUT2D eigenvalue weighted by atomic mass is 16.5. The second-order valence-electron chi connectivity index (χ2n) is 4.52. The van der Waals surface area contributed by atoms with E-state index in [1.165, 1.54) is 0 Å². The van der Waals surface area contributed by atoms with Gasteiger partial charge in [0.2, 0.25) is 0 Å². The van der Waals surface area contributed by atoms with Gasteiger partial charge in [-0.05, 0) is 30.7 Å². The number of nitrogens with one attached hydrogen (secondary N) is 1. The first-order chi connectivity index (χ1) is 10.2. The highest BCUT2D eigenvalue weighted by Gasteiger charge is 2.16. The molecular formula is C16H18N2O3. The average Bonchev–Trinajstić information content (AvgIpc) is 2.53. The molecule has 1 aromatic heterocycles. The largest absolute Gasteiger partial charge is 0.496 e. The number of nitrogens with zero attached hydrogens (tertiary/aromatic N) is 1. The van der Waals surface area contributed by atoms with Gasteiger partial charge in [-0.25, -0.2) is 0 Å². The summed E-state index contributed by atoms with van der Waals surface area (Å²) in [6.45, 7) is 2.27. The van der Waals surface area contributed by atoms with Gasteiger partial charge in [0.25, 0.3) is 5.91 Å². The molecule has 1 aromatic carbocycles. The normalized spacial score (nSPS) is 10.0. The molecule has 0 unspecified atom stereocenters. The van der Waals surface area contributed by atoms with E-state index < -0.39 is 0 Å². The lowest BCUT2D eigenvalue weighted by atomic mass is 10.1. The zero-order chi connectivity index (χ0) is 15.2. The summed E-state index contributed by atoms with van der Waals surface area (Å²) in [7, 11) is 3.13. The molecule has 0 saturated heterocycles. The highest BCUT2D eigenvalue weighted by molar-refractivity contribution is 5.97. The molecule has 0 bridgehead atoms. The molecule has 0 aliphatic carbocycles. The van der Waals surface area contributed by atoms with Crippen molar-refractivity contribution in [3.05, 3.63) is 53.3 Å². The Morgan fingerprint density at radius 3 is 2.67 bits per heavy atom. The first-order valence-corrected chi connectivity index (χ1v) is 6.56. The molecule has 0 saturated carbocycles. The zero-order valence-electron chi connectivity index (χ0n) is 12.3. The fraction of sp³-hybridized carbons (Fsp3) is 0.250. The van der Waals surface area contributed by atoms with E-state index >= 15 is 0 Å². The summed E-state index contributed by atoms with van der Waals surface area (Å²) < 4.78 is 10.6. The van der Waals surface area contributed by atoms with E-state index in [9.17, 15) is 4.79 Å². The van der Waals surface area contributed by atoms with Crippen LogP contribution in [0, 0.1) is 6.92 Å². The standard InChI is InChI=1S/C16H18N2O3/c1-11-14(20-2)7-6-13(15(11)21-3)16(19)18-10-12-5-4-8-17-9-12/h4-9H,10H2,1-3H3,(H,18,19). The molecule has 0 fully saturated rings. The summed E-state index contributed by atoms with van der Waals surface area (Å²) >= 11 is 0.